The van der Waals surface area contributed by atoms with Crippen LogP contribution < -0.4 is 0 Å². The van der Waals surface area contributed by atoms with Crippen LogP contribution in [0.25, 0.3) is 11.5 Å². The summed E-state index contributed by atoms with van der Waals surface area (Å²) in [5.41, 5.74) is 0.672. The summed E-state index contributed by atoms with van der Waals surface area (Å²) in [7, 11) is -3.17. The van der Waals surface area contributed by atoms with E-state index in [1.165, 1.54) is 12.1 Å². The molecule has 0 atom stereocenters. The molecular formula is C9H7BrN2O3S. The van der Waals surface area contributed by atoms with Crippen molar-refractivity contribution < 1.29 is 12.9 Å². The Labute approximate surface area is 101 Å². The second-order valence-corrected chi connectivity index (χ2v) is 5.89. The smallest absolute Gasteiger partial charge is 0.258 e. The van der Waals surface area contributed by atoms with E-state index in [9.17, 15) is 8.42 Å². The molecule has 5 nitrogen and oxygen atoms in total. The Hall–Kier alpha value is -1.21. The Morgan fingerprint density at radius 3 is 2.31 bits per heavy atom. The molecule has 0 aliphatic carbocycles. The van der Waals surface area contributed by atoms with Crippen LogP contribution in [-0.2, 0) is 9.84 Å². The predicted molar refractivity (Wildman–Crippen MR) is 60.5 cm³/mol. The topological polar surface area (TPSA) is 73.1 Å². The van der Waals surface area contributed by atoms with Gasteiger partial charge in [-0.3, -0.25) is 0 Å². The van der Waals surface area contributed by atoms with E-state index >= 15 is 0 Å². The number of aromatic nitrogens is 2. The maximum Gasteiger partial charge on any atom is 0.258 e. The summed E-state index contributed by atoms with van der Waals surface area (Å²) in [5, 5.41) is 3.58. The summed E-state index contributed by atoms with van der Waals surface area (Å²) in [6, 6.07) is 6.25. The molecule has 0 amide bonds. The minimum atomic E-state index is -3.17. The van der Waals surface area contributed by atoms with Gasteiger partial charge in [0, 0.05) is 11.8 Å². The molecule has 2 rings (SSSR count). The molecule has 0 saturated heterocycles. The fourth-order valence-corrected chi connectivity index (χ4v) is 2.03. The summed E-state index contributed by atoms with van der Waals surface area (Å²) in [5.74, 6) is 0.340. The van der Waals surface area contributed by atoms with Crippen LogP contribution in [0.3, 0.4) is 0 Å². The van der Waals surface area contributed by atoms with Crippen molar-refractivity contribution in [2.24, 2.45) is 0 Å². The molecule has 0 fully saturated rings. The molecule has 84 valence electrons. The van der Waals surface area contributed by atoms with Crippen molar-refractivity contribution in [3.8, 4) is 11.5 Å². The van der Waals surface area contributed by atoms with Crippen LogP contribution in [0.1, 0.15) is 0 Å². The Balaban J connectivity index is 2.40. The molecule has 0 radical (unpaired) electrons. The molecule has 0 N–H and O–H groups in total. The monoisotopic (exact) mass is 302 g/mol. The van der Waals surface area contributed by atoms with Gasteiger partial charge in [0.05, 0.1) is 4.90 Å². The molecule has 1 heterocycles. The van der Waals surface area contributed by atoms with E-state index < -0.39 is 9.84 Å². The van der Waals surface area contributed by atoms with Crippen molar-refractivity contribution in [1.29, 1.82) is 0 Å². The highest BCUT2D eigenvalue weighted by Crippen LogP contribution is 2.20. The highest BCUT2D eigenvalue weighted by Gasteiger charge is 2.10. The number of halogens is 1. The lowest BCUT2D eigenvalue weighted by Gasteiger charge is -1.98. The van der Waals surface area contributed by atoms with Gasteiger partial charge in [0.2, 0.25) is 4.73 Å². The van der Waals surface area contributed by atoms with Crippen LogP contribution >= 0.6 is 15.9 Å². The highest BCUT2D eigenvalue weighted by atomic mass is 79.9. The van der Waals surface area contributed by atoms with Gasteiger partial charge in [-0.15, -0.1) is 0 Å². The molecule has 0 aliphatic heterocycles. The molecule has 0 spiro atoms. The van der Waals surface area contributed by atoms with Gasteiger partial charge in [-0.25, -0.2) is 8.42 Å². The van der Waals surface area contributed by atoms with Crippen molar-refractivity contribution in [2.75, 3.05) is 6.26 Å². The second-order valence-electron chi connectivity index (χ2n) is 3.17. The van der Waals surface area contributed by atoms with Gasteiger partial charge in [-0.05, 0) is 45.4 Å². The van der Waals surface area contributed by atoms with E-state index in [0.717, 1.165) is 6.26 Å². The van der Waals surface area contributed by atoms with Gasteiger partial charge >= 0.3 is 0 Å². The third-order valence-corrected chi connectivity index (χ3v) is 3.38. The van der Waals surface area contributed by atoms with E-state index in [4.69, 9.17) is 4.52 Å². The van der Waals surface area contributed by atoms with E-state index in [2.05, 4.69) is 26.1 Å². The van der Waals surface area contributed by atoms with Gasteiger partial charge in [-0.1, -0.05) is 0 Å². The maximum absolute atomic E-state index is 11.2. The molecule has 1 aromatic carbocycles. The molecule has 0 aliphatic rings. The first-order valence-corrected chi connectivity index (χ1v) is 6.95. The molecular weight excluding hydrogens is 296 g/mol. The summed E-state index contributed by atoms with van der Waals surface area (Å²) in [6.45, 7) is 0. The third kappa shape index (κ3) is 2.30. The van der Waals surface area contributed by atoms with E-state index in [-0.39, 0.29) is 4.90 Å². The van der Waals surface area contributed by atoms with Crippen molar-refractivity contribution in [2.45, 2.75) is 4.90 Å². The average Bonchev–Trinajstić information content (AvgIpc) is 2.64. The zero-order valence-corrected chi connectivity index (χ0v) is 10.6. The van der Waals surface area contributed by atoms with E-state index in [1.807, 2.05) is 0 Å². The number of sulfone groups is 1. The second kappa shape index (κ2) is 3.99. The Bertz CT molecular complexity index is 604. The molecule has 0 saturated carbocycles. The molecule has 0 unspecified atom stereocenters. The predicted octanol–water partition coefficient (Wildman–Crippen LogP) is 1.90. The minimum Gasteiger partial charge on any atom is -0.333 e. The van der Waals surface area contributed by atoms with E-state index in [1.54, 1.807) is 12.1 Å². The SMILES string of the molecule is CS(=O)(=O)c1ccc(-c2nc(Br)no2)cc1. The van der Waals surface area contributed by atoms with Crippen LogP contribution in [0.2, 0.25) is 0 Å². The Morgan fingerprint density at radius 1 is 1.25 bits per heavy atom. The van der Waals surface area contributed by atoms with Crippen LogP contribution in [-0.4, -0.2) is 24.8 Å². The van der Waals surface area contributed by atoms with Gasteiger partial charge in [0.25, 0.3) is 5.89 Å². The largest absolute Gasteiger partial charge is 0.333 e. The van der Waals surface area contributed by atoms with Gasteiger partial charge < -0.3 is 4.52 Å². The fourth-order valence-electron chi connectivity index (χ4n) is 1.17. The third-order valence-electron chi connectivity index (χ3n) is 1.93. The number of hydrogen-bond acceptors (Lipinski definition) is 5. The minimum absolute atomic E-state index is 0.259. The highest BCUT2D eigenvalue weighted by molar-refractivity contribution is 9.10. The normalized spacial score (nSPS) is 11.6. The van der Waals surface area contributed by atoms with Crippen molar-refractivity contribution in [3.63, 3.8) is 0 Å². The van der Waals surface area contributed by atoms with E-state index in [0.29, 0.717) is 16.2 Å². The Morgan fingerprint density at radius 2 is 1.88 bits per heavy atom. The van der Waals surface area contributed by atoms with Gasteiger partial charge in [0.1, 0.15) is 0 Å². The number of rotatable bonds is 2. The summed E-state index contributed by atoms with van der Waals surface area (Å²) in [4.78, 5) is 4.22. The number of hydrogen-bond donors (Lipinski definition) is 0. The van der Waals surface area contributed by atoms with Crippen molar-refractivity contribution in [3.05, 3.63) is 29.0 Å². The standard InChI is InChI=1S/C9H7BrN2O3S/c1-16(13,14)7-4-2-6(3-5-7)8-11-9(10)12-15-8/h2-5H,1H3. The number of nitrogens with zero attached hydrogens (tertiary/aromatic N) is 2. The van der Waals surface area contributed by atoms with Crippen LogP contribution in [0.4, 0.5) is 0 Å². The van der Waals surface area contributed by atoms with Gasteiger partial charge in [0.15, 0.2) is 9.84 Å². The lowest BCUT2D eigenvalue weighted by atomic mass is 10.2. The van der Waals surface area contributed by atoms with Crippen molar-refractivity contribution >= 4 is 25.8 Å². The lowest BCUT2D eigenvalue weighted by molar-refractivity contribution is 0.426. The molecule has 0 bridgehead atoms. The quantitative estimate of drug-likeness (QED) is 0.847. The lowest BCUT2D eigenvalue weighted by Crippen LogP contribution is -1.96. The summed E-state index contributed by atoms with van der Waals surface area (Å²) in [6.07, 6.45) is 1.16. The maximum atomic E-state index is 11.2. The van der Waals surface area contributed by atoms with Gasteiger partial charge in [-0.2, -0.15) is 4.98 Å². The first kappa shape index (κ1) is 11.3. The summed E-state index contributed by atoms with van der Waals surface area (Å²) >= 11 is 3.06. The van der Waals surface area contributed by atoms with Crippen LogP contribution in [0.15, 0.2) is 38.4 Å². The molecule has 7 heteroatoms. The van der Waals surface area contributed by atoms with Crippen LogP contribution in [0, 0.1) is 0 Å². The zero-order chi connectivity index (χ0) is 11.8. The first-order valence-electron chi connectivity index (χ1n) is 4.26. The Kier molecular flexibility index (Phi) is 2.81. The molecule has 16 heavy (non-hydrogen) atoms. The molecule has 2 aromatic rings. The number of benzene rings is 1. The van der Waals surface area contributed by atoms with Crippen LogP contribution in [0.5, 0.6) is 0 Å². The summed E-state index contributed by atoms with van der Waals surface area (Å²) < 4.78 is 27.7. The average molecular weight is 303 g/mol. The fraction of sp³-hybridized carbons (Fsp3) is 0.111. The zero-order valence-electron chi connectivity index (χ0n) is 8.21. The molecule has 1 aromatic heterocycles. The van der Waals surface area contributed by atoms with Crippen molar-refractivity contribution in [1.82, 2.24) is 10.1 Å². The first-order chi connectivity index (χ1) is 7.47.